The number of phenols is 1. The van der Waals surface area contributed by atoms with E-state index in [1.54, 1.807) is 19.1 Å². The molecule has 0 aromatic heterocycles. The lowest BCUT2D eigenvalue weighted by molar-refractivity contribution is 0.474. The zero-order valence-corrected chi connectivity index (χ0v) is 28.4. The third-order valence-electron chi connectivity index (χ3n) is 5.80. The van der Waals surface area contributed by atoms with Crippen LogP contribution in [-0.2, 0) is 0 Å². The van der Waals surface area contributed by atoms with Crippen LogP contribution in [0.5, 0.6) is 5.75 Å². The second-order valence-corrected chi connectivity index (χ2v) is 9.78. The highest BCUT2D eigenvalue weighted by Gasteiger charge is 2.21. The third kappa shape index (κ3) is 19.3. The largest absolute Gasteiger partial charge is 0.507 e. The fourth-order valence-corrected chi connectivity index (χ4v) is 3.46. The first-order valence-corrected chi connectivity index (χ1v) is 14.8. The zero-order chi connectivity index (χ0) is 33.1. The number of hydrogen-bond donors (Lipinski definition) is 2. The Morgan fingerprint density at radius 1 is 1.02 bits per heavy atom. The molecule has 0 saturated carbocycles. The van der Waals surface area contributed by atoms with Crippen molar-refractivity contribution in [2.45, 2.75) is 81.1 Å². The summed E-state index contributed by atoms with van der Waals surface area (Å²) in [7, 11) is 1.96. The van der Waals surface area contributed by atoms with E-state index in [0.717, 1.165) is 24.1 Å². The Hall–Kier alpha value is -3.80. The molecule has 0 saturated heterocycles. The average molecular weight is 570 g/mol. The maximum atomic E-state index is 9.50. The fourth-order valence-electron chi connectivity index (χ4n) is 3.46. The Kier molecular flexibility index (Phi) is 27.8. The Balaban J connectivity index is -0.000000483. The number of rotatable bonds is 6. The van der Waals surface area contributed by atoms with Crippen LogP contribution in [-0.4, -0.2) is 18.7 Å². The summed E-state index contributed by atoms with van der Waals surface area (Å²) in [6.45, 7) is 34.6. The third-order valence-corrected chi connectivity index (χ3v) is 5.80. The first-order chi connectivity index (χ1) is 19.9. The second kappa shape index (κ2) is 27.4. The van der Waals surface area contributed by atoms with E-state index in [4.69, 9.17) is 0 Å². The molecule has 230 valence electrons. The molecule has 1 aliphatic carbocycles. The second-order valence-electron chi connectivity index (χ2n) is 9.78. The van der Waals surface area contributed by atoms with Crippen molar-refractivity contribution in [3.05, 3.63) is 126 Å². The highest BCUT2D eigenvalue weighted by atomic mass is 16.3. The smallest absolute Gasteiger partial charge is 0.123 e. The molecule has 0 bridgehead atoms. The minimum atomic E-state index is 0.282. The summed E-state index contributed by atoms with van der Waals surface area (Å²) >= 11 is 0. The van der Waals surface area contributed by atoms with Crippen LogP contribution >= 0.6 is 0 Å². The standard InChI is InChI=1S/C12H14O.C12H12.C7H12.C4H11N.C3H4.C2H6/c1-9(2)8-10(3)11-6-4-5-7-12(11)13;1-3-10-8-9(2)11-6-4-5-7-12(10)11;1-5-7(4)6(2)3;1-3-4-5-2;1-3-2;1-2/h4-8,13H,3H2,1-2H3;3-7,10H,1-2,8H2;5H,1H2,2-4H3;5H,3-4H2,1-2H3;1H,2H3;1-2H3. The van der Waals surface area contributed by atoms with Gasteiger partial charge in [0.2, 0.25) is 0 Å². The van der Waals surface area contributed by atoms with Gasteiger partial charge in [-0.25, -0.2) is 0 Å². The molecule has 2 aromatic rings. The molecule has 0 heterocycles. The Bertz CT molecular complexity index is 1160. The summed E-state index contributed by atoms with van der Waals surface area (Å²) in [5.41, 5.74) is 9.39. The Labute approximate surface area is 260 Å². The van der Waals surface area contributed by atoms with Crippen LogP contribution in [0.25, 0.3) is 11.1 Å². The lowest BCUT2D eigenvalue weighted by Gasteiger charge is -2.03. The number of para-hydroxylation sites is 1. The van der Waals surface area contributed by atoms with E-state index in [2.05, 4.69) is 95.9 Å². The van der Waals surface area contributed by atoms with Crippen LogP contribution in [0, 0.1) is 12.3 Å². The Morgan fingerprint density at radius 3 is 1.93 bits per heavy atom. The maximum absolute atomic E-state index is 9.50. The van der Waals surface area contributed by atoms with E-state index < -0.39 is 0 Å². The average Bonchev–Trinajstić information content (AvgIpc) is 3.31. The minimum absolute atomic E-state index is 0.282. The summed E-state index contributed by atoms with van der Waals surface area (Å²) in [5, 5.41) is 12.5. The normalized spacial score (nSPS) is 11.5. The topological polar surface area (TPSA) is 32.3 Å². The van der Waals surface area contributed by atoms with Crippen LogP contribution in [0.3, 0.4) is 0 Å². The zero-order valence-electron chi connectivity index (χ0n) is 28.4. The molecule has 42 heavy (non-hydrogen) atoms. The molecule has 0 amide bonds. The van der Waals surface area contributed by atoms with Crippen molar-refractivity contribution in [1.29, 1.82) is 0 Å². The summed E-state index contributed by atoms with van der Waals surface area (Å²) in [6.07, 6.45) is 12.7. The summed E-state index contributed by atoms with van der Waals surface area (Å²) in [4.78, 5) is 0. The van der Waals surface area contributed by atoms with E-state index >= 15 is 0 Å². The van der Waals surface area contributed by atoms with Crippen molar-refractivity contribution in [3.63, 3.8) is 0 Å². The molecule has 3 rings (SSSR count). The van der Waals surface area contributed by atoms with Gasteiger partial charge in [-0.2, -0.15) is 0 Å². The Morgan fingerprint density at radius 2 is 1.55 bits per heavy atom. The number of allylic oxidation sites excluding steroid dienone is 8. The van der Waals surface area contributed by atoms with Gasteiger partial charge < -0.3 is 10.4 Å². The van der Waals surface area contributed by atoms with Crippen LogP contribution in [0.1, 0.15) is 97.8 Å². The predicted molar refractivity (Wildman–Crippen MR) is 194 cm³/mol. The van der Waals surface area contributed by atoms with Crippen molar-refractivity contribution in [1.82, 2.24) is 5.32 Å². The summed E-state index contributed by atoms with van der Waals surface area (Å²) in [6, 6.07) is 15.7. The van der Waals surface area contributed by atoms with Crippen LogP contribution in [0.15, 0.2) is 110 Å². The number of nitrogens with one attached hydrogen (secondary N) is 1. The molecule has 1 atom stereocenters. The molecular formula is C40H59NO. The van der Waals surface area contributed by atoms with Crippen molar-refractivity contribution in [2.75, 3.05) is 13.6 Å². The van der Waals surface area contributed by atoms with Gasteiger partial charge in [-0.15, -0.1) is 18.9 Å². The van der Waals surface area contributed by atoms with E-state index in [9.17, 15) is 5.11 Å². The number of phenolic OH excluding ortho intramolecular Hbond substituents is 1. The maximum Gasteiger partial charge on any atom is 0.123 e. The molecule has 1 aliphatic rings. The molecule has 2 aromatic carbocycles. The lowest BCUT2D eigenvalue weighted by atomic mass is 10.0. The number of terminal acetylenes is 1. The monoisotopic (exact) mass is 569 g/mol. The minimum Gasteiger partial charge on any atom is -0.507 e. The summed E-state index contributed by atoms with van der Waals surface area (Å²) in [5.74, 6) is 3.03. The first-order valence-electron chi connectivity index (χ1n) is 14.8. The van der Waals surface area contributed by atoms with Crippen molar-refractivity contribution in [3.8, 4) is 18.1 Å². The highest BCUT2D eigenvalue weighted by Crippen LogP contribution is 2.40. The molecule has 0 aliphatic heterocycles. The van der Waals surface area contributed by atoms with Crippen molar-refractivity contribution >= 4 is 11.1 Å². The quantitative estimate of drug-likeness (QED) is 0.206. The molecule has 2 N–H and O–H groups in total. The highest BCUT2D eigenvalue weighted by molar-refractivity contribution is 5.76. The summed E-state index contributed by atoms with van der Waals surface area (Å²) < 4.78 is 0. The van der Waals surface area contributed by atoms with E-state index in [-0.39, 0.29) is 5.75 Å². The van der Waals surface area contributed by atoms with Crippen LogP contribution < -0.4 is 5.32 Å². The molecule has 2 heteroatoms. The van der Waals surface area contributed by atoms with Gasteiger partial charge in [0.25, 0.3) is 0 Å². The fraction of sp³-hybridized carbons (Fsp3) is 0.350. The van der Waals surface area contributed by atoms with E-state index in [1.165, 1.54) is 39.8 Å². The first kappa shape index (κ1) is 42.7. The van der Waals surface area contributed by atoms with E-state index in [1.807, 2.05) is 65.1 Å². The predicted octanol–water partition coefficient (Wildman–Crippen LogP) is 11.6. The SMILES string of the molecule is C#CC.C=C(C=C(C)C)c1ccccc1O.C=CC(C)=C(C)C.C=CC1CC(=C)c2ccccc21.CC.CCCNC. The number of aromatic hydroxyl groups is 1. The van der Waals surface area contributed by atoms with Crippen molar-refractivity contribution < 1.29 is 5.11 Å². The molecule has 1 unspecified atom stereocenters. The molecular weight excluding hydrogens is 510 g/mol. The molecule has 0 radical (unpaired) electrons. The van der Waals surface area contributed by atoms with Gasteiger partial charge in [-0.05, 0) is 96.3 Å². The molecule has 0 fully saturated rings. The van der Waals surface area contributed by atoms with Gasteiger partial charge in [0.05, 0.1) is 0 Å². The van der Waals surface area contributed by atoms with Gasteiger partial charge in [0, 0.05) is 11.5 Å². The van der Waals surface area contributed by atoms with E-state index in [0.29, 0.717) is 5.92 Å². The number of fused-ring (bicyclic) bond motifs is 1. The molecule has 0 spiro atoms. The molecule has 2 nitrogen and oxygen atoms in total. The van der Waals surface area contributed by atoms with Gasteiger partial charge >= 0.3 is 0 Å². The van der Waals surface area contributed by atoms with Gasteiger partial charge in [0.1, 0.15) is 5.75 Å². The van der Waals surface area contributed by atoms with Gasteiger partial charge in [-0.3, -0.25) is 0 Å². The van der Waals surface area contributed by atoms with Crippen LogP contribution in [0.4, 0.5) is 0 Å². The van der Waals surface area contributed by atoms with Crippen LogP contribution in [0.2, 0.25) is 0 Å². The lowest BCUT2D eigenvalue weighted by Crippen LogP contribution is -2.04. The van der Waals surface area contributed by atoms with Gasteiger partial charge in [-0.1, -0.05) is 118 Å². The number of hydrogen-bond acceptors (Lipinski definition) is 2. The van der Waals surface area contributed by atoms with Crippen molar-refractivity contribution in [2.24, 2.45) is 0 Å². The van der Waals surface area contributed by atoms with Gasteiger partial charge in [0.15, 0.2) is 0 Å². The number of benzene rings is 2.